The van der Waals surface area contributed by atoms with Crippen molar-refractivity contribution in [2.45, 2.75) is 29.5 Å². The van der Waals surface area contributed by atoms with Gasteiger partial charge in [0, 0.05) is 23.1 Å². The third-order valence-electron chi connectivity index (χ3n) is 6.64. The second-order valence-corrected chi connectivity index (χ2v) is 11.5. The highest BCUT2D eigenvalue weighted by molar-refractivity contribution is 8.06. The van der Waals surface area contributed by atoms with Gasteiger partial charge in [-0.3, -0.25) is 14.5 Å². The summed E-state index contributed by atoms with van der Waals surface area (Å²) in [4.78, 5) is 45.9. The molecule has 2 aromatic carbocycles. The fourth-order valence-electron chi connectivity index (χ4n) is 4.58. The van der Waals surface area contributed by atoms with Crippen molar-refractivity contribution in [1.29, 1.82) is 0 Å². The van der Waals surface area contributed by atoms with E-state index in [0.717, 1.165) is 11.1 Å². The molecule has 41 heavy (non-hydrogen) atoms. The zero-order chi connectivity index (χ0) is 28.3. The Morgan fingerprint density at radius 2 is 1.88 bits per heavy atom. The van der Waals surface area contributed by atoms with Crippen LogP contribution in [0.5, 0.6) is 5.75 Å². The van der Waals surface area contributed by atoms with Crippen molar-refractivity contribution >= 4 is 47.0 Å². The van der Waals surface area contributed by atoms with Crippen molar-refractivity contribution in [2.75, 3.05) is 12.9 Å². The number of methoxy groups -OCH3 is 1. The van der Waals surface area contributed by atoms with E-state index in [2.05, 4.69) is 15.4 Å². The van der Waals surface area contributed by atoms with Gasteiger partial charge in [-0.2, -0.15) is 5.10 Å². The molecule has 10 nitrogen and oxygen atoms in total. The molecule has 4 heterocycles. The second-order valence-electron chi connectivity index (χ2n) is 9.32. The maximum Gasteiger partial charge on any atom is 0.356 e. The molecule has 2 amide bonds. The fraction of sp³-hybridized carbons (Fsp3) is 0.207. The summed E-state index contributed by atoms with van der Waals surface area (Å²) in [6, 6.07) is 19.5. The number of amides is 2. The summed E-state index contributed by atoms with van der Waals surface area (Å²) in [6.07, 6.45) is 3.56. The Hall–Kier alpha value is -4.29. The van der Waals surface area contributed by atoms with Crippen LogP contribution in [0.25, 0.3) is 5.65 Å². The van der Waals surface area contributed by atoms with Crippen LogP contribution in [0.4, 0.5) is 0 Å². The van der Waals surface area contributed by atoms with Crippen LogP contribution in [0.1, 0.15) is 11.1 Å². The molecule has 1 saturated heterocycles. The molecule has 0 unspecified atom stereocenters. The van der Waals surface area contributed by atoms with E-state index >= 15 is 0 Å². The van der Waals surface area contributed by atoms with Crippen LogP contribution >= 0.6 is 23.5 Å². The Kier molecular flexibility index (Phi) is 7.66. The molecule has 6 rings (SSSR count). The second kappa shape index (κ2) is 11.7. The monoisotopic (exact) mass is 587 g/mol. The van der Waals surface area contributed by atoms with E-state index in [1.807, 2.05) is 54.6 Å². The van der Waals surface area contributed by atoms with E-state index in [9.17, 15) is 14.4 Å². The topological polar surface area (TPSA) is 115 Å². The van der Waals surface area contributed by atoms with Crippen molar-refractivity contribution in [3.05, 3.63) is 101 Å². The van der Waals surface area contributed by atoms with Crippen molar-refractivity contribution in [1.82, 2.24) is 24.8 Å². The zero-order valence-corrected chi connectivity index (χ0v) is 23.6. The Labute approximate surface area is 244 Å². The van der Waals surface area contributed by atoms with Crippen LogP contribution in [0, 0.1) is 0 Å². The number of fused-ring (bicyclic) bond motifs is 2. The summed E-state index contributed by atoms with van der Waals surface area (Å²) in [5, 5.41) is 7.64. The summed E-state index contributed by atoms with van der Waals surface area (Å²) >= 11 is 2.79. The van der Waals surface area contributed by atoms with Gasteiger partial charge < -0.3 is 14.8 Å². The normalized spacial score (nSPS) is 18.1. The van der Waals surface area contributed by atoms with Crippen LogP contribution in [0.2, 0.25) is 0 Å². The highest BCUT2D eigenvalue weighted by Crippen LogP contribution is 2.45. The molecule has 1 N–H and O–H groups in total. The quantitative estimate of drug-likeness (QED) is 0.232. The van der Waals surface area contributed by atoms with E-state index < -0.39 is 17.4 Å². The first-order chi connectivity index (χ1) is 20.0. The van der Waals surface area contributed by atoms with E-state index in [-0.39, 0.29) is 30.5 Å². The van der Waals surface area contributed by atoms with Crippen molar-refractivity contribution in [3.8, 4) is 5.75 Å². The molecule has 0 bridgehead atoms. The number of esters is 1. The molecule has 2 atom stereocenters. The predicted molar refractivity (Wildman–Crippen MR) is 154 cm³/mol. The number of ether oxygens (including phenoxy) is 2. The smallest absolute Gasteiger partial charge is 0.356 e. The Morgan fingerprint density at radius 1 is 1.07 bits per heavy atom. The van der Waals surface area contributed by atoms with E-state index in [1.165, 1.54) is 28.4 Å². The number of benzene rings is 2. The summed E-state index contributed by atoms with van der Waals surface area (Å²) in [6.45, 7) is 0.0284. The van der Waals surface area contributed by atoms with Crippen molar-refractivity contribution in [2.24, 2.45) is 0 Å². The number of thioether (sulfide) groups is 2. The average Bonchev–Trinajstić information content (AvgIpc) is 3.47. The summed E-state index contributed by atoms with van der Waals surface area (Å²) in [5.74, 6) is -0.0698. The minimum absolute atomic E-state index is 0.0284. The van der Waals surface area contributed by atoms with Gasteiger partial charge in [0.1, 0.15) is 34.5 Å². The Balaban J connectivity index is 1.22. The van der Waals surface area contributed by atoms with Crippen LogP contribution < -0.4 is 10.1 Å². The molecule has 12 heteroatoms. The highest BCUT2D eigenvalue weighted by atomic mass is 32.2. The summed E-state index contributed by atoms with van der Waals surface area (Å²) < 4.78 is 12.5. The number of nitrogens with zero attached hydrogens (tertiary/aromatic N) is 4. The fourth-order valence-corrected chi connectivity index (χ4v) is 7.01. The highest BCUT2D eigenvalue weighted by Gasteiger charge is 2.54. The minimum atomic E-state index is -0.729. The third-order valence-corrected chi connectivity index (χ3v) is 9.11. The lowest BCUT2D eigenvalue weighted by Gasteiger charge is -2.49. The number of imidazole rings is 1. The van der Waals surface area contributed by atoms with Gasteiger partial charge >= 0.3 is 5.97 Å². The SMILES string of the molecule is COc1ccc(COC(=O)C2=C(Sc3ccc4nccn4n3)CS[C@@H]3[C@H](NC(=O)Cc4ccccc4)C(=O)N23)cc1. The van der Waals surface area contributed by atoms with E-state index in [4.69, 9.17) is 9.47 Å². The molecule has 2 aliphatic heterocycles. The van der Waals surface area contributed by atoms with Gasteiger partial charge in [0.25, 0.3) is 5.91 Å². The molecular weight excluding hydrogens is 562 g/mol. The lowest BCUT2D eigenvalue weighted by atomic mass is 10.0. The molecule has 0 radical (unpaired) electrons. The summed E-state index contributed by atoms with van der Waals surface area (Å²) in [7, 11) is 1.58. The lowest BCUT2D eigenvalue weighted by Crippen LogP contribution is -2.70. The number of β-lactam (4-membered cyclic amide) rings is 1. The first-order valence-electron chi connectivity index (χ1n) is 12.8. The Bertz CT molecular complexity index is 1640. The number of carbonyl (C=O) groups excluding carboxylic acids is 3. The van der Waals surface area contributed by atoms with Gasteiger partial charge in [-0.05, 0) is 35.4 Å². The number of aromatic nitrogens is 3. The van der Waals surface area contributed by atoms with Gasteiger partial charge in [0.05, 0.1) is 13.5 Å². The van der Waals surface area contributed by atoms with E-state index in [0.29, 0.717) is 27.1 Å². The first kappa shape index (κ1) is 26.9. The molecular formula is C29H25N5O5S2. The van der Waals surface area contributed by atoms with E-state index in [1.54, 1.807) is 36.2 Å². The lowest BCUT2D eigenvalue weighted by molar-refractivity contribution is -0.153. The number of carbonyl (C=O) groups is 3. The average molecular weight is 588 g/mol. The van der Waals surface area contributed by atoms with Crippen LogP contribution in [-0.4, -0.2) is 61.6 Å². The molecule has 0 spiro atoms. The van der Waals surface area contributed by atoms with Gasteiger partial charge in [-0.15, -0.1) is 11.8 Å². The molecule has 1 fully saturated rings. The maximum atomic E-state index is 13.5. The number of rotatable bonds is 9. The van der Waals surface area contributed by atoms with Gasteiger partial charge in [-0.25, -0.2) is 14.3 Å². The molecule has 4 aromatic rings. The maximum absolute atomic E-state index is 13.5. The van der Waals surface area contributed by atoms with Crippen molar-refractivity contribution in [3.63, 3.8) is 0 Å². The standard InChI is InChI=1S/C29H25N5O5S2/c1-38-20-9-7-19(8-10-20)16-39-29(37)26-21(41-24-12-11-22-30-13-14-33(22)32-24)17-40-28-25(27(36)34(26)28)31-23(35)15-18-5-3-2-4-6-18/h2-14,25,28H,15-17H2,1H3,(H,31,35)/t25-,28-/m1/s1. The number of hydrogen-bond acceptors (Lipinski definition) is 9. The molecule has 2 aliphatic rings. The third kappa shape index (κ3) is 5.66. The van der Waals surface area contributed by atoms with Gasteiger partial charge in [-0.1, -0.05) is 54.2 Å². The molecule has 208 valence electrons. The molecule has 2 aromatic heterocycles. The number of nitrogens with one attached hydrogen (secondary N) is 1. The first-order valence-corrected chi connectivity index (χ1v) is 14.7. The van der Waals surface area contributed by atoms with Crippen LogP contribution in [-0.2, 0) is 32.1 Å². The Morgan fingerprint density at radius 3 is 2.66 bits per heavy atom. The van der Waals surface area contributed by atoms with Crippen LogP contribution in [0.3, 0.4) is 0 Å². The minimum Gasteiger partial charge on any atom is -0.497 e. The van der Waals surface area contributed by atoms with Crippen LogP contribution in [0.15, 0.2) is 94.8 Å². The number of hydrogen-bond donors (Lipinski definition) is 1. The van der Waals surface area contributed by atoms with Gasteiger partial charge in [0.15, 0.2) is 5.65 Å². The van der Waals surface area contributed by atoms with Gasteiger partial charge in [0.2, 0.25) is 5.91 Å². The summed E-state index contributed by atoms with van der Waals surface area (Å²) in [5.41, 5.74) is 2.52. The molecule has 0 aliphatic carbocycles. The molecule has 0 saturated carbocycles. The predicted octanol–water partition coefficient (Wildman–Crippen LogP) is 3.43. The largest absolute Gasteiger partial charge is 0.497 e. The van der Waals surface area contributed by atoms with Crippen molar-refractivity contribution < 1.29 is 23.9 Å². The zero-order valence-electron chi connectivity index (χ0n) is 21.9.